The van der Waals surface area contributed by atoms with Gasteiger partial charge >= 0.3 is 0 Å². The highest BCUT2D eigenvalue weighted by Gasteiger charge is 2.24. The molecule has 0 saturated heterocycles. The maximum atomic E-state index is 13.6. The molecule has 3 rings (SSSR count). The Morgan fingerprint density at radius 1 is 1.33 bits per heavy atom. The quantitative estimate of drug-likeness (QED) is 0.880. The zero-order valence-corrected chi connectivity index (χ0v) is 13.6. The summed E-state index contributed by atoms with van der Waals surface area (Å²) < 4.78 is 20.8. The molecule has 1 aliphatic heterocycles. The summed E-state index contributed by atoms with van der Waals surface area (Å²) in [6, 6.07) is 5.57. The number of halogens is 1. The first-order valence-electron chi connectivity index (χ1n) is 7.86. The Morgan fingerprint density at radius 3 is 2.83 bits per heavy atom. The summed E-state index contributed by atoms with van der Waals surface area (Å²) in [6.45, 7) is 1.99. The summed E-state index contributed by atoms with van der Waals surface area (Å²) in [6.07, 6.45) is 3.04. The minimum atomic E-state index is -0.365. The van der Waals surface area contributed by atoms with E-state index in [0.29, 0.717) is 35.6 Å². The van der Waals surface area contributed by atoms with E-state index in [0.717, 1.165) is 6.42 Å². The van der Waals surface area contributed by atoms with Crippen LogP contribution in [-0.4, -0.2) is 22.9 Å². The fraction of sp³-hybridized carbons (Fsp3) is 0.333. The molecule has 1 N–H and O–H groups in total. The van der Waals surface area contributed by atoms with Gasteiger partial charge in [-0.15, -0.1) is 0 Å². The van der Waals surface area contributed by atoms with Gasteiger partial charge in [-0.3, -0.25) is 9.59 Å². The van der Waals surface area contributed by atoms with Gasteiger partial charge < -0.3 is 14.6 Å². The van der Waals surface area contributed by atoms with Crippen LogP contribution in [-0.2, 0) is 7.05 Å². The Morgan fingerprint density at radius 2 is 2.12 bits per heavy atom. The Kier molecular flexibility index (Phi) is 4.38. The highest BCUT2D eigenvalue weighted by Crippen LogP contribution is 2.32. The van der Waals surface area contributed by atoms with Crippen LogP contribution in [0.3, 0.4) is 0 Å². The van der Waals surface area contributed by atoms with Crippen molar-refractivity contribution in [3.05, 3.63) is 53.1 Å². The number of amides is 1. The van der Waals surface area contributed by atoms with E-state index >= 15 is 0 Å². The molecular weight excluding hydrogens is 311 g/mol. The lowest BCUT2D eigenvalue weighted by Crippen LogP contribution is -2.29. The highest BCUT2D eigenvalue weighted by atomic mass is 19.1. The number of hydrogen-bond acceptors (Lipinski definition) is 3. The number of carbonyl (C=O) groups excluding carboxylic acids is 2. The van der Waals surface area contributed by atoms with Gasteiger partial charge in [0.05, 0.1) is 12.6 Å². The topological polar surface area (TPSA) is 60.3 Å². The first-order valence-corrected chi connectivity index (χ1v) is 7.86. The lowest BCUT2D eigenvalue weighted by molar-refractivity contribution is 0.0926. The van der Waals surface area contributed by atoms with Crippen molar-refractivity contribution in [2.24, 2.45) is 7.05 Å². The van der Waals surface area contributed by atoms with Gasteiger partial charge in [-0.25, -0.2) is 4.39 Å². The van der Waals surface area contributed by atoms with Crippen LogP contribution in [0.1, 0.15) is 52.2 Å². The van der Waals surface area contributed by atoms with Crippen LogP contribution in [0.25, 0.3) is 0 Å². The maximum Gasteiger partial charge on any atom is 0.268 e. The second-order valence-corrected chi connectivity index (χ2v) is 5.98. The van der Waals surface area contributed by atoms with E-state index in [4.69, 9.17) is 4.74 Å². The first kappa shape index (κ1) is 16.2. The van der Waals surface area contributed by atoms with Crippen LogP contribution in [0.5, 0.6) is 5.75 Å². The van der Waals surface area contributed by atoms with Crippen molar-refractivity contribution in [1.82, 2.24) is 9.88 Å². The molecule has 24 heavy (non-hydrogen) atoms. The SMILES string of the molecule is CC(=O)c1cc(C(=O)N[C@H]2CCCOc3ccc(F)cc32)n(C)c1. The number of hydrogen-bond donors (Lipinski definition) is 1. The molecule has 2 heterocycles. The zero-order valence-electron chi connectivity index (χ0n) is 13.6. The standard InChI is InChI=1S/C18H19FN2O3/c1-11(22)12-8-16(21(2)10-12)18(23)20-15-4-3-7-24-17-6-5-13(19)9-14(15)17/h5-6,8-10,15H,3-4,7H2,1-2H3,(H,20,23)/t15-/m0/s1. The average molecular weight is 330 g/mol. The Labute approximate surface area is 139 Å². The van der Waals surface area contributed by atoms with Gasteiger partial charge in [0.25, 0.3) is 5.91 Å². The monoisotopic (exact) mass is 330 g/mol. The molecule has 5 nitrogen and oxygen atoms in total. The summed E-state index contributed by atoms with van der Waals surface area (Å²) in [4.78, 5) is 24.1. The van der Waals surface area contributed by atoms with Gasteiger partial charge in [-0.2, -0.15) is 0 Å². The Bertz CT molecular complexity index is 798. The molecule has 2 aromatic rings. The number of rotatable bonds is 3. The van der Waals surface area contributed by atoms with Crippen LogP contribution in [0.2, 0.25) is 0 Å². The third-order valence-corrected chi connectivity index (χ3v) is 4.19. The second kappa shape index (κ2) is 6.47. The first-order chi connectivity index (χ1) is 11.5. The predicted molar refractivity (Wildman–Crippen MR) is 86.8 cm³/mol. The van der Waals surface area contributed by atoms with Crippen LogP contribution in [0.15, 0.2) is 30.5 Å². The maximum absolute atomic E-state index is 13.6. The molecule has 0 saturated carbocycles. The largest absolute Gasteiger partial charge is 0.493 e. The highest BCUT2D eigenvalue weighted by molar-refractivity contribution is 5.99. The molecule has 1 aromatic heterocycles. The van der Waals surface area contributed by atoms with E-state index in [1.54, 1.807) is 29.9 Å². The molecule has 0 bridgehead atoms. The number of ketones is 1. The van der Waals surface area contributed by atoms with Gasteiger partial charge in [0, 0.05) is 24.4 Å². The molecule has 0 unspecified atom stereocenters. The number of ether oxygens (including phenoxy) is 1. The van der Waals surface area contributed by atoms with Gasteiger partial charge in [-0.1, -0.05) is 0 Å². The molecule has 0 fully saturated rings. The van der Waals surface area contributed by atoms with Crippen molar-refractivity contribution >= 4 is 11.7 Å². The Balaban J connectivity index is 1.87. The predicted octanol–water partition coefficient (Wildman–Crippen LogP) is 3.01. The van der Waals surface area contributed by atoms with Crippen molar-refractivity contribution in [3.63, 3.8) is 0 Å². The van der Waals surface area contributed by atoms with Crippen molar-refractivity contribution in [2.45, 2.75) is 25.8 Å². The minimum Gasteiger partial charge on any atom is -0.493 e. The van der Waals surface area contributed by atoms with E-state index in [9.17, 15) is 14.0 Å². The van der Waals surface area contributed by atoms with Crippen molar-refractivity contribution in [1.29, 1.82) is 0 Å². The molecule has 1 aliphatic rings. The van der Waals surface area contributed by atoms with Gasteiger partial charge in [0.2, 0.25) is 0 Å². The van der Waals surface area contributed by atoms with Crippen LogP contribution in [0, 0.1) is 5.82 Å². The van der Waals surface area contributed by atoms with E-state index in [-0.39, 0.29) is 23.5 Å². The number of aryl methyl sites for hydroxylation is 1. The lowest BCUT2D eigenvalue weighted by Gasteiger charge is -2.18. The van der Waals surface area contributed by atoms with Gasteiger partial charge in [0.1, 0.15) is 17.3 Å². The van der Waals surface area contributed by atoms with Crippen molar-refractivity contribution in [2.75, 3.05) is 6.61 Å². The normalized spacial score (nSPS) is 16.7. The number of aromatic nitrogens is 1. The fourth-order valence-corrected chi connectivity index (χ4v) is 2.91. The molecule has 0 aliphatic carbocycles. The number of carbonyl (C=O) groups is 2. The Hall–Kier alpha value is -2.63. The molecular formula is C18H19FN2O3. The van der Waals surface area contributed by atoms with Crippen molar-refractivity contribution in [3.8, 4) is 5.75 Å². The van der Waals surface area contributed by atoms with Crippen LogP contribution < -0.4 is 10.1 Å². The van der Waals surface area contributed by atoms with E-state index in [1.807, 2.05) is 0 Å². The smallest absolute Gasteiger partial charge is 0.268 e. The summed E-state index contributed by atoms with van der Waals surface area (Å²) >= 11 is 0. The van der Waals surface area contributed by atoms with Crippen LogP contribution >= 0.6 is 0 Å². The fourth-order valence-electron chi connectivity index (χ4n) is 2.91. The molecule has 1 aromatic carbocycles. The summed E-state index contributed by atoms with van der Waals surface area (Å²) in [5.41, 5.74) is 1.52. The summed E-state index contributed by atoms with van der Waals surface area (Å²) in [7, 11) is 1.71. The van der Waals surface area contributed by atoms with E-state index in [1.165, 1.54) is 19.1 Å². The average Bonchev–Trinajstić information content (AvgIpc) is 2.83. The number of nitrogens with zero attached hydrogens (tertiary/aromatic N) is 1. The van der Waals surface area contributed by atoms with E-state index < -0.39 is 0 Å². The zero-order chi connectivity index (χ0) is 17.3. The number of benzene rings is 1. The molecule has 1 amide bonds. The number of Topliss-reactive ketones (excluding diaryl/α,β-unsaturated/α-hetero) is 1. The number of fused-ring (bicyclic) bond motifs is 1. The lowest BCUT2D eigenvalue weighted by atomic mass is 10.0. The van der Waals surface area contributed by atoms with Gasteiger partial charge in [0.15, 0.2) is 5.78 Å². The van der Waals surface area contributed by atoms with E-state index in [2.05, 4.69) is 5.32 Å². The molecule has 0 radical (unpaired) electrons. The molecule has 0 spiro atoms. The molecule has 126 valence electrons. The third kappa shape index (κ3) is 3.18. The summed E-state index contributed by atoms with van der Waals surface area (Å²) in [5, 5.41) is 2.93. The minimum absolute atomic E-state index is 0.0973. The number of nitrogens with one attached hydrogen (secondary N) is 1. The molecule has 1 atom stereocenters. The third-order valence-electron chi connectivity index (χ3n) is 4.19. The van der Waals surface area contributed by atoms with Gasteiger partial charge in [-0.05, 0) is 44.0 Å². The second-order valence-electron chi connectivity index (χ2n) is 5.98. The van der Waals surface area contributed by atoms with Crippen molar-refractivity contribution < 1.29 is 18.7 Å². The molecule has 6 heteroatoms. The van der Waals surface area contributed by atoms with Crippen LogP contribution in [0.4, 0.5) is 4.39 Å². The summed E-state index contributed by atoms with van der Waals surface area (Å²) in [5.74, 6) is -0.168.